The molecule has 0 aliphatic heterocycles. The molecule has 2 rings (SSSR count). The molecule has 0 radical (unpaired) electrons. The minimum atomic E-state index is -0.624. The molecule has 1 aliphatic carbocycles. The number of rotatable bonds is 5. The summed E-state index contributed by atoms with van der Waals surface area (Å²) in [6.45, 7) is 1.65. The highest BCUT2D eigenvalue weighted by Crippen LogP contribution is 2.45. The first-order valence-corrected chi connectivity index (χ1v) is 8.22. The van der Waals surface area contributed by atoms with Gasteiger partial charge < -0.3 is 10.1 Å². The van der Waals surface area contributed by atoms with Gasteiger partial charge in [0.15, 0.2) is 11.4 Å². The van der Waals surface area contributed by atoms with Crippen LogP contribution in [0.3, 0.4) is 0 Å². The smallest absolute Gasteiger partial charge is 0.298 e. The number of anilines is 1. The van der Waals surface area contributed by atoms with Gasteiger partial charge in [-0.05, 0) is 18.8 Å². The van der Waals surface area contributed by atoms with Crippen molar-refractivity contribution in [1.29, 1.82) is 0 Å². The van der Waals surface area contributed by atoms with Crippen LogP contribution in [0.15, 0.2) is 6.07 Å². The van der Waals surface area contributed by atoms with E-state index in [1.807, 2.05) is 0 Å². The summed E-state index contributed by atoms with van der Waals surface area (Å²) in [5.41, 5.74) is -0.388. The molecule has 0 spiro atoms. The molecule has 0 unspecified atom stereocenters. The Kier molecular flexibility index (Phi) is 6.07. The van der Waals surface area contributed by atoms with E-state index < -0.39 is 10.8 Å². The summed E-state index contributed by atoms with van der Waals surface area (Å²) in [5.74, 6) is -0.0105. The van der Waals surface area contributed by atoms with Gasteiger partial charge in [-0.25, -0.2) is 0 Å². The van der Waals surface area contributed by atoms with Gasteiger partial charge in [0.05, 0.1) is 16.6 Å². The van der Waals surface area contributed by atoms with E-state index in [0.29, 0.717) is 12.5 Å². The first-order chi connectivity index (χ1) is 10.9. The first kappa shape index (κ1) is 17.8. The zero-order valence-electron chi connectivity index (χ0n) is 12.7. The Morgan fingerprint density at radius 2 is 2.04 bits per heavy atom. The number of hydrogen-bond donors (Lipinski definition) is 1. The topological polar surface area (TPSA) is 81.5 Å². The van der Waals surface area contributed by atoms with E-state index >= 15 is 0 Å². The van der Waals surface area contributed by atoms with Crippen molar-refractivity contribution in [1.82, 2.24) is 0 Å². The van der Waals surface area contributed by atoms with E-state index in [1.54, 1.807) is 0 Å². The second kappa shape index (κ2) is 7.84. The molecule has 1 aliphatic rings. The number of benzene rings is 1. The third-order valence-corrected chi connectivity index (χ3v) is 4.61. The third-order valence-electron chi connectivity index (χ3n) is 3.84. The fraction of sp³-hybridized carbons (Fsp3) is 0.533. The quantitative estimate of drug-likeness (QED) is 0.602. The van der Waals surface area contributed by atoms with Gasteiger partial charge in [-0.3, -0.25) is 14.9 Å². The highest BCUT2D eigenvalue weighted by molar-refractivity contribution is 6.43. The molecular weight excluding hydrogens is 343 g/mol. The Hall–Kier alpha value is -1.53. The van der Waals surface area contributed by atoms with Crippen molar-refractivity contribution in [3.63, 3.8) is 0 Å². The minimum Gasteiger partial charge on any atom is -0.489 e. The Morgan fingerprint density at radius 1 is 1.39 bits per heavy atom. The Bertz CT molecular complexity index is 616. The summed E-state index contributed by atoms with van der Waals surface area (Å²) in [6.07, 6.45) is 5.62. The van der Waals surface area contributed by atoms with E-state index in [1.165, 1.54) is 13.3 Å². The zero-order chi connectivity index (χ0) is 17.0. The van der Waals surface area contributed by atoms with Gasteiger partial charge in [0.1, 0.15) is 5.02 Å². The lowest BCUT2D eigenvalue weighted by Gasteiger charge is -2.23. The van der Waals surface area contributed by atoms with Crippen LogP contribution in [0.25, 0.3) is 0 Å². The number of nitrogens with one attached hydrogen (secondary N) is 1. The van der Waals surface area contributed by atoms with Crippen LogP contribution in [0, 0.1) is 16.0 Å². The van der Waals surface area contributed by atoms with Gasteiger partial charge >= 0.3 is 0 Å². The van der Waals surface area contributed by atoms with Crippen LogP contribution in [0.1, 0.15) is 39.0 Å². The molecule has 0 bridgehead atoms. The first-order valence-electron chi connectivity index (χ1n) is 7.47. The van der Waals surface area contributed by atoms with Crippen molar-refractivity contribution < 1.29 is 14.5 Å². The van der Waals surface area contributed by atoms with E-state index in [4.69, 9.17) is 27.9 Å². The third kappa shape index (κ3) is 4.48. The number of nitrogens with zero attached hydrogens (tertiary/aromatic N) is 1. The maximum absolute atomic E-state index is 11.4. The summed E-state index contributed by atoms with van der Waals surface area (Å²) >= 11 is 12.1. The molecule has 1 amide bonds. The highest BCUT2D eigenvalue weighted by atomic mass is 35.5. The van der Waals surface area contributed by atoms with Crippen molar-refractivity contribution in [2.75, 3.05) is 11.9 Å². The molecule has 1 saturated carbocycles. The van der Waals surface area contributed by atoms with Gasteiger partial charge in [-0.1, -0.05) is 42.5 Å². The van der Waals surface area contributed by atoms with Crippen LogP contribution in [0.2, 0.25) is 10.0 Å². The predicted molar refractivity (Wildman–Crippen MR) is 89.5 cm³/mol. The lowest BCUT2D eigenvalue weighted by atomic mass is 9.90. The fourth-order valence-electron chi connectivity index (χ4n) is 2.72. The van der Waals surface area contributed by atoms with Gasteiger partial charge in [0, 0.05) is 13.0 Å². The van der Waals surface area contributed by atoms with Crippen molar-refractivity contribution >= 4 is 40.5 Å². The van der Waals surface area contributed by atoms with Crippen molar-refractivity contribution in [3.05, 3.63) is 26.2 Å². The minimum absolute atomic E-state index is 0.0195. The van der Waals surface area contributed by atoms with Gasteiger partial charge in [-0.2, -0.15) is 0 Å². The molecule has 1 aromatic rings. The SMILES string of the molecule is CC(=O)Nc1c([N+](=O)[O-])cc(Cl)c(Cl)c1OCC1CCCCC1. The Balaban J connectivity index is 2.33. The van der Waals surface area contributed by atoms with E-state index in [-0.39, 0.29) is 27.2 Å². The number of hydrogen-bond acceptors (Lipinski definition) is 4. The number of amides is 1. The van der Waals surface area contributed by atoms with Crippen LogP contribution in [0.5, 0.6) is 5.75 Å². The zero-order valence-corrected chi connectivity index (χ0v) is 14.2. The highest BCUT2D eigenvalue weighted by Gasteiger charge is 2.26. The average molecular weight is 361 g/mol. The van der Waals surface area contributed by atoms with Crippen molar-refractivity contribution in [2.45, 2.75) is 39.0 Å². The van der Waals surface area contributed by atoms with Crippen LogP contribution in [-0.4, -0.2) is 17.4 Å². The van der Waals surface area contributed by atoms with Crippen LogP contribution >= 0.6 is 23.2 Å². The van der Waals surface area contributed by atoms with E-state index in [2.05, 4.69) is 5.32 Å². The summed E-state index contributed by atoms with van der Waals surface area (Å²) in [6, 6.07) is 1.11. The van der Waals surface area contributed by atoms with E-state index in [0.717, 1.165) is 31.7 Å². The molecule has 8 heteroatoms. The lowest BCUT2D eigenvalue weighted by molar-refractivity contribution is -0.384. The van der Waals surface area contributed by atoms with Gasteiger partial charge in [0.2, 0.25) is 5.91 Å². The second-order valence-corrected chi connectivity index (χ2v) is 6.43. The molecule has 23 heavy (non-hydrogen) atoms. The Labute approximate surface area is 144 Å². The molecule has 126 valence electrons. The lowest BCUT2D eigenvalue weighted by Crippen LogP contribution is -2.17. The molecule has 1 aromatic carbocycles. The Morgan fingerprint density at radius 3 is 2.61 bits per heavy atom. The number of nitro groups is 1. The summed E-state index contributed by atoms with van der Waals surface area (Å²) in [5, 5.41) is 13.7. The molecule has 1 fully saturated rings. The molecule has 0 atom stereocenters. The molecule has 0 aromatic heterocycles. The van der Waals surface area contributed by atoms with Crippen LogP contribution in [0.4, 0.5) is 11.4 Å². The van der Waals surface area contributed by atoms with Crippen molar-refractivity contribution in [2.24, 2.45) is 5.92 Å². The fourth-order valence-corrected chi connectivity index (χ4v) is 3.11. The summed E-state index contributed by atoms with van der Waals surface area (Å²) in [7, 11) is 0. The van der Waals surface area contributed by atoms with Crippen LogP contribution in [-0.2, 0) is 4.79 Å². The van der Waals surface area contributed by atoms with Gasteiger partial charge in [-0.15, -0.1) is 0 Å². The number of nitro benzene ring substituents is 1. The number of carbonyl (C=O) groups is 1. The maximum Gasteiger partial charge on any atom is 0.298 e. The number of carbonyl (C=O) groups excluding carboxylic acids is 1. The summed E-state index contributed by atoms with van der Waals surface area (Å²) in [4.78, 5) is 22.0. The number of halogens is 2. The number of ether oxygens (including phenoxy) is 1. The standard InChI is InChI=1S/C15H18Cl2N2O4/c1-9(20)18-14-12(19(21)22)7-11(16)13(17)15(14)23-8-10-5-3-2-4-6-10/h7,10H,2-6,8H2,1H3,(H,18,20). The molecule has 1 N–H and O–H groups in total. The van der Waals surface area contributed by atoms with Gasteiger partial charge in [0.25, 0.3) is 5.69 Å². The predicted octanol–water partition coefficient (Wildman–Crippen LogP) is 4.82. The maximum atomic E-state index is 11.4. The largest absolute Gasteiger partial charge is 0.489 e. The van der Waals surface area contributed by atoms with E-state index in [9.17, 15) is 14.9 Å². The molecular formula is C15H18Cl2N2O4. The van der Waals surface area contributed by atoms with Crippen LogP contribution < -0.4 is 10.1 Å². The molecule has 0 saturated heterocycles. The monoisotopic (exact) mass is 360 g/mol. The molecule has 0 heterocycles. The second-order valence-electron chi connectivity index (χ2n) is 5.65. The normalized spacial score (nSPS) is 15.3. The molecule has 6 nitrogen and oxygen atoms in total. The summed E-state index contributed by atoms with van der Waals surface area (Å²) < 4.78 is 5.74. The van der Waals surface area contributed by atoms with Crippen molar-refractivity contribution in [3.8, 4) is 5.75 Å². The average Bonchev–Trinajstić information content (AvgIpc) is 2.50.